The van der Waals surface area contributed by atoms with Crippen LogP contribution in [0.25, 0.3) is 16.8 Å². The van der Waals surface area contributed by atoms with Crippen LogP contribution >= 0.6 is 0 Å². The normalized spacial score (nSPS) is 22.4. The summed E-state index contributed by atoms with van der Waals surface area (Å²) in [7, 11) is 1.34. The van der Waals surface area contributed by atoms with E-state index in [1.807, 2.05) is 12.3 Å². The Morgan fingerprint density at radius 2 is 1.91 bits per heavy atom. The van der Waals surface area contributed by atoms with Crippen molar-refractivity contribution in [3.63, 3.8) is 0 Å². The summed E-state index contributed by atoms with van der Waals surface area (Å²) in [6.07, 6.45) is 8.23. The molecule has 4 heterocycles. The van der Waals surface area contributed by atoms with Crippen molar-refractivity contribution < 1.29 is 27.8 Å². The lowest BCUT2D eigenvalue weighted by Crippen LogP contribution is -2.54. The highest BCUT2D eigenvalue weighted by molar-refractivity contribution is 5.67. The molecule has 1 amide bonds. The van der Waals surface area contributed by atoms with Gasteiger partial charge in [-0.3, -0.25) is 4.98 Å². The third kappa shape index (κ3) is 6.82. The first-order valence-corrected chi connectivity index (χ1v) is 15.3. The van der Waals surface area contributed by atoms with Gasteiger partial charge in [0.1, 0.15) is 17.5 Å². The number of nitrogens with two attached hydrogens (primary N) is 1. The van der Waals surface area contributed by atoms with Gasteiger partial charge in [0.05, 0.1) is 42.8 Å². The summed E-state index contributed by atoms with van der Waals surface area (Å²) in [5.41, 5.74) is 9.69. The summed E-state index contributed by atoms with van der Waals surface area (Å²) in [6, 6.07) is 7.52. The molecule has 0 spiro atoms. The summed E-state index contributed by atoms with van der Waals surface area (Å²) in [5.74, 6) is -0.518. The highest BCUT2D eigenvalue weighted by Gasteiger charge is 2.36. The van der Waals surface area contributed by atoms with E-state index in [2.05, 4.69) is 27.3 Å². The van der Waals surface area contributed by atoms with Crippen molar-refractivity contribution in [3.8, 4) is 11.3 Å². The molecule has 0 bridgehead atoms. The van der Waals surface area contributed by atoms with Gasteiger partial charge in [-0.2, -0.15) is 5.10 Å². The van der Waals surface area contributed by atoms with Gasteiger partial charge in [0.25, 0.3) is 0 Å². The number of halogens is 2. The molecule has 238 valence electrons. The minimum atomic E-state index is -0.702. The molecular formula is C33H38F2N6O4. The quantitative estimate of drug-likeness (QED) is 0.284. The number of rotatable bonds is 8. The summed E-state index contributed by atoms with van der Waals surface area (Å²) < 4.78 is 48.3. The number of aromatic nitrogens is 4. The number of methoxy groups -OCH3 is 1. The number of nitrogens with zero attached hydrogens (tertiary/aromatic N) is 4. The lowest BCUT2D eigenvalue weighted by Gasteiger charge is -2.39. The second-order valence-electron chi connectivity index (χ2n) is 12.0. The van der Waals surface area contributed by atoms with Crippen LogP contribution in [0.3, 0.4) is 0 Å². The largest absolute Gasteiger partial charge is 0.453 e. The van der Waals surface area contributed by atoms with Gasteiger partial charge in [-0.15, -0.1) is 0 Å². The number of alkyl carbamates (subject to hydrolysis) is 1. The van der Waals surface area contributed by atoms with E-state index in [9.17, 15) is 4.79 Å². The first-order valence-electron chi connectivity index (χ1n) is 15.3. The van der Waals surface area contributed by atoms with Gasteiger partial charge in [-0.05, 0) is 84.5 Å². The zero-order chi connectivity index (χ0) is 31.5. The maximum absolute atomic E-state index is 15.3. The number of hydrogen-bond donors (Lipinski definition) is 2. The maximum atomic E-state index is 15.3. The zero-order valence-corrected chi connectivity index (χ0v) is 25.4. The molecule has 3 aromatic heterocycles. The number of benzene rings is 1. The van der Waals surface area contributed by atoms with Crippen molar-refractivity contribution in [2.75, 3.05) is 20.3 Å². The SMILES string of the molecule is COC(=O)N[C@@H]1[C@H](N)C[C@H](c2ccncc2Cc2ncc3ccc(-c4c(F)cc(COC5CCOCC5)cc4F)nn23)C[C@@H]1C. The van der Waals surface area contributed by atoms with Gasteiger partial charge >= 0.3 is 6.09 Å². The summed E-state index contributed by atoms with van der Waals surface area (Å²) in [6.45, 7) is 3.45. The molecule has 45 heavy (non-hydrogen) atoms. The number of hydrogen-bond acceptors (Lipinski definition) is 8. The van der Waals surface area contributed by atoms with E-state index in [1.54, 1.807) is 29.0 Å². The van der Waals surface area contributed by atoms with Gasteiger partial charge in [0, 0.05) is 44.1 Å². The molecule has 1 saturated heterocycles. The summed E-state index contributed by atoms with van der Waals surface area (Å²) in [5, 5.41) is 7.50. The van der Waals surface area contributed by atoms with E-state index >= 15 is 8.78 Å². The Morgan fingerprint density at radius 1 is 1.13 bits per heavy atom. The van der Waals surface area contributed by atoms with E-state index < -0.39 is 17.7 Å². The van der Waals surface area contributed by atoms with Gasteiger partial charge in [-0.25, -0.2) is 23.1 Å². The number of carbonyl (C=O) groups is 1. The molecule has 6 rings (SSSR count). The third-order valence-electron chi connectivity index (χ3n) is 8.95. The molecule has 1 aliphatic heterocycles. The second kappa shape index (κ2) is 13.6. The molecule has 3 N–H and O–H groups in total. The standard InChI is InChI=1S/C33H38F2N6O4/c1-19-11-21(14-28(36)32(19)39-33(42)43-2)25-5-8-37-16-22(25)15-30-38-17-23-3-4-29(40-41(23)30)31-26(34)12-20(13-27(31)35)18-45-24-6-9-44-10-7-24/h3-5,8,12-13,16-17,19,21,24,28,32H,6-7,9-11,14-15,18,36H2,1-2H3,(H,39,42)/t19-,21+,28+,32-/m0/s1. The molecule has 1 aromatic carbocycles. The third-order valence-corrected chi connectivity index (χ3v) is 8.95. The highest BCUT2D eigenvalue weighted by Crippen LogP contribution is 2.38. The van der Waals surface area contributed by atoms with Crippen LogP contribution in [0.2, 0.25) is 0 Å². The smallest absolute Gasteiger partial charge is 0.407 e. The van der Waals surface area contributed by atoms with Gasteiger partial charge in [0.2, 0.25) is 0 Å². The van der Waals surface area contributed by atoms with Gasteiger partial charge < -0.3 is 25.3 Å². The molecule has 4 atom stereocenters. The first-order chi connectivity index (χ1) is 21.8. The van der Waals surface area contributed by atoms with E-state index in [0.717, 1.165) is 30.4 Å². The second-order valence-corrected chi connectivity index (χ2v) is 12.0. The van der Waals surface area contributed by atoms with Crippen molar-refractivity contribution >= 4 is 11.6 Å². The number of nitrogens with one attached hydrogen (secondary N) is 1. The van der Waals surface area contributed by atoms with Crippen LogP contribution in [0.15, 0.2) is 48.9 Å². The lowest BCUT2D eigenvalue weighted by atomic mass is 9.72. The average molecular weight is 621 g/mol. The Bertz CT molecular complexity index is 1620. The highest BCUT2D eigenvalue weighted by atomic mass is 19.1. The monoisotopic (exact) mass is 620 g/mol. The van der Waals surface area contributed by atoms with Crippen LogP contribution < -0.4 is 11.1 Å². The molecule has 10 nitrogen and oxygen atoms in total. The topological polar surface area (TPSA) is 126 Å². The van der Waals surface area contributed by atoms with Crippen LogP contribution in [-0.2, 0) is 27.2 Å². The predicted octanol–water partition coefficient (Wildman–Crippen LogP) is 4.92. The predicted molar refractivity (Wildman–Crippen MR) is 162 cm³/mol. The molecular weight excluding hydrogens is 582 g/mol. The van der Waals surface area contributed by atoms with Crippen LogP contribution in [0.4, 0.5) is 13.6 Å². The van der Waals surface area contributed by atoms with Gasteiger partial charge in [0.15, 0.2) is 0 Å². The van der Waals surface area contributed by atoms with Crippen molar-refractivity contribution in [2.45, 2.75) is 69.7 Å². The minimum Gasteiger partial charge on any atom is -0.453 e. The summed E-state index contributed by atoms with van der Waals surface area (Å²) >= 11 is 0. The molecule has 0 radical (unpaired) electrons. The van der Waals surface area contributed by atoms with E-state index in [1.165, 1.54) is 19.2 Å². The number of imidazole rings is 1. The molecule has 12 heteroatoms. The van der Waals surface area contributed by atoms with E-state index in [0.29, 0.717) is 43.0 Å². The number of amides is 1. The molecule has 2 aliphatic rings. The summed E-state index contributed by atoms with van der Waals surface area (Å²) in [4.78, 5) is 20.8. The fourth-order valence-corrected chi connectivity index (χ4v) is 6.64. The van der Waals surface area contributed by atoms with Crippen LogP contribution in [0.5, 0.6) is 0 Å². The Morgan fingerprint density at radius 3 is 2.64 bits per heavy atom. The van der Waals surface area contributed by atoms with Crippen LogP contribution in [0.1, 0.15) is 61.0 Å². The Balaban J connectivity index is 1.22. The Hall–Kier alpha value is -4.00. The fraction of sp³-hybridized carbons (Fsp3) is 0.455. The Labute approximate surface area is 260 Å². The van der Waals surface area contributed by atoms with Crippen molar-refractivity contribution in [2.24, 2.45) is 11.7 Å². The minimum absolute atomic E-state index is 0.0207. The molecule has 4 aromatic rings. The van der Waals surface area contributed by atoms with Gasteiger partial charge in [-0.1, -0.05) is 6.92 Å². The number of pyridine rings is 1. The number of ether oxygens (including phenoxy) is 3. The lowest BCUT2D eigenvalue weighted by molar-refractivity contribution is -0.0391. The first kappa shape index (κ1) is 31.0. The van der Waals surface area contributed by atoms with Crippen molar-refractivity contribution in [1.29, 1.82) is 0 Å². The average Bonchev–Trinajstić information content (AvgIpc) is 3.43. The zero-order valence-electron chi connectivity index (χ0n) is 25.4. The molecule has 1 saturated carbocycles. The molecule has 0 unspecified atom stereocenters. The fourth-order valence-electron chi connectivity index (χ4n) is 6.64. The van der Waals surface area contributed by atoms with E-state index in [4.69, 9.17) is 19.9 Å². The molecule has 1 aliphatic carbocycles. The maximum Gasteiger partial charge on any atom is 0.407 e. The van der Waals surface area contributed by atoms with Crippen molar-refractivity contribution in [1.82, 2.24) is 24.9 Å². The Kier molecular flexibility index (Phi) is 9.34. The van der Waals surface area contributed by atoms with Crippen LogP contribution in [0, 0.1) is 17.6 Å². The van der Waals surface area contributed by atoms with Crippen molar-refractivity contribution in [3.05, 3.63) is 83.1 Å². The number of fused-ring (bicyclic) bond motifs is 1. The van der Waals surface area contributed by atoms with E-state index in [-0.39, 0.29) is 47.9 Å². The van der Waals surface area contributed by atoms with Crippen LogP contribution in [-0.4, -0.2) is 64.2 Å². The molecule has 2 fully saturated rings. The number of carbonyl (C=O) groups excluding carboxylic acids is 1.